The Labute approximate surface area is 102 Å². The zero-order chi connectivity index (χ0) is 11.7. The molecule has 0 bridgehead atoms. The number of nitrogens with zero attached hydrogens (tertiary/aromatic N) is 4. The fraction of sp³-hybridized carbons (Fsp3) is 0.600. The third-order valence-corrected chi connectivity index (χ3v) is 4.02. The van der Waals surface area contributed by atoms with Crippen LogP contribution in [0.1, 0.15) is 24.3 Å². The van der Waals surface area contributed by atoms with Crippen LogP contribution in [0.15, 0.2) is 6.33 Å². The lowest BCUT2D eigenvalue weighted by Crippen LogP contribution is -2.35. The molecular formula is C10H13N5OS. The normalized spacial score (nSPS) is 16.0. The van der Waals surface area contributed by atoms with Crippen LogP contribution in [0.3, 0.4) is 0 Å². The van der Waals surface area contributed by atoms with E-state index in [4.69, 9.17) is 0 Å². The van der Waals surface area contributed by atoms with Crippen LogP contribution in [-0.2, 0) is 11.2 Å². The van der Waals surface area contributed by atoms with Gasteiger partial charge in [0.05, 0.1) is 0 Å². The zero-order valence-corrected chi connectivity index (χ0v) is 10.1. The molecule has 1 aliphatic rings. The van der Waals surface area contributed by atoms with Crippen molar-refractivity contribution in [3.05, 3.63) is 11.3 Å². The molecule has 2 aromatic rings. The first-order valence-corrected chi connectivity index (χ1v) is 6.58. The van der Waals surface area contributed by atoms with Crippen molar-refractivity contribution in [2.75, 3.05) is 6.54 Å². The van der Waals surface area contributed by atoms with Gasteiger partial charge in [-0.05, 0) is 12.8 Å². The van der Waals surface area contributed by atoms with Gasteiger partial charge in [-0.3, -0.25) is 4.79 Å². The molecule has 1 N–H and O–H groups in total. The molecule has 0 saturated heterocycles. The van der Waals surface area contributed by atoms with E-state index in [0.717, 1.165) is 29.2 Å². The lowest BCUT2D eigenvalue weighted by molar-refractivity contribution is -0.127. The van der Waals surface area contributed by atoms with Gasteiger partial charge in [0.2, 0.25) is 10.9 Å². The van der Waals surface area contributed by atoms with Crippen LogP contribution in [0.2, 0.25) is 0 Å². The molecule has 7 heteroatoms. The number of rotatable bonds is 4. The second kappa shape index (κ2) is 4.40. The third kappa shape index (κ3) is 2.14. The van der Waals surface area contributed by atoms with E-state index in [9.17, 15) is 4.79 Å². The number of hydrogen-bond acceptors (Lipinski definition) is 5. The van der Waals surface area contributed by atoms with E-state index in [1.807, 2.05) is 0 Å². The van der Waals surface area contributed by atoms with Gasteiger partial charge in [0.25, 0.3) is 0 Å². The summed E-state index contributed by atoms with van der Waals surface area (Å²) in [6.07, 6.45) is 5.62. The summed E-state index contributed by atoms with van der Waals surface area (Å²) in [7, 11) is 0. The largest absolute Gasteiger partial charge is 0.355 e. The Balaban J connectivity index is 1.50. The van der Waals surface area contributed by atoms with Crippen LogP contribution in [0.4, 0.5) is 0 Å². The summed E-state index contributed by atoms with van der Waals surface area (Å²) in [5.41, 5.74) is 0. The molecule has 17 heavy (non-hydrogen) atoms. The molecule has 6 nitrogen and oxygen atoms in total. The number of fused-ring (bicyclic) bond motifs is 1. The highest BCUT2D eigenvalue weighted by Gasteiger charge is 2.24. The van der Waals surface area contributed by atoms with Crippen LogP contribution >= 0.6 is 11.3 Å². The summed E-state index contributed by atoms with van der Waals surface area (Å²) in [4.78, 5) is 12.4. The molecule has 0 atom stereocenters. The summed E-state index contributed by atoms with van der Waals surface area (Å²) in [5.74, 6) is 0.451. The number of nitrogens with one attached hydrogen (secondary N) is 1. The van der Waals surface area contributed by atoms with Gasteiger partial charge in [-0.15, -0.1) is 10.2 Å². The zero-order valence-electron chi connectivity index (χ0n) is 9.30. The Morgan fingerprint density at radius 1 is 1.59 bits per heavy atom. The Hall–Kier alpha value is -1.50. The number of carbonyl (C=O) groups is 1. The van der Waals surface area contributed by atoms with Crippen LogP contribution in [0.25, 0.3) is 4.96 Å². The quantitative estimate of drug-likeness (QED) is 0.865. The minimum absolute atomic E-state index is 0.194. The molecule has 2 aromatic heterocycles. The van der Waals surface area contributed by atoms with Crippen LogP contribution in [0, 0.1) is 5.92 Å². The highest BCUT2D eigenvalue weighted by Crippen LogP contribution is 2.26. The van der Waals surface area contributed by atoms with Crippen molar-refractivity contribution in [3.63, 3.8) is 0 Å². The number of amides is 1. The Kier molecular flexibility index (Phi) is 2.76. The SMILES string of the molecule is O=C(NCCc1nn2cnnc2s1)C1CCC1. The van der Waals surface area contributed by atoms with Crippen molar-refractivity contribution in [2.24, 2.45) is 5.92 Å². The van der Waals surface area contributed by atoms with E-state index >= 15 is 0 Å². The summed E-state index contributed by atoms with van der Waals surface area (Å²) < 4.78 is 1.66. The van der Waals surface area contributed by atoms with Gasteiger partial charge in [-0.1, -0.05) is 17.8 Å². The topological polar surface area (TPSA) is 72.2 Å². The van der Waals surface area contributed by atoms with Crippen LogP contribution in [0.5, 0.6) is 0 Å². The van der Waals surface area contributed by atoms with E-state index in [1.54, 1.807) is 10.8 Å². The predicted molar refractivity (Wildman–Crippen MR) is 62.7 cm³/mol. The van der Waals surface area contributed by atoms with E-state index in [2.05, 4.69) is 20.6 Å². The summed E-state index contributed by atoms with van der Waals surface area (Å²) in [5, 5.41) is 15.9. The van der Waals surface area contributed by atoms with Gasteiger partial charge < -0.3 is 5.32 Å². The molecule has 3 rings (SSSR count). The first-order valence-electron chi connectivity index (χ1n) is 5.76. The molecule has 1 aliphatic carbocycles. The van der Waals surface area contributed by atoms with Gasteiger partial charge in [0, 0.05) is 18.9 Å². The summed E-state index contributed by atoms with van der Waals surface area (Å²) in [6, 6.07) is 0. The van der Waals surface area contributed by atoms with Crippen molar-refractivity contribution in [1.82, 2.24) is 25.1 Å². The number of hydrogen-bond donors (Lipinski definition) is 1. The minimum Gasteiger partial charge on any atom is -0.355 e. The predicted octanol–water partition coefficient (Wildman–Crippen LogP) is 0.645. The molecule has 0 aliphatic heterocycles. The smallest absolute Gasteiger partial charge is 0.234 e. The van der Waals surface area contributed by atoms with Crippen molar-refractivity contribution < 1.29 is 4.79 Å². The molecule has 1 fully saturated rings. The molecule has 0 radical (unpaired) electrons. The molecule has 0 aromatic carbocycles. The fourth-order valence-electron chi connectivity index (χ4n) is 1.81. The first kappa shape index (κ1) is 10.6. The van der Waals surface area contributed by atoms with E-state index in [0.29, 0.717) is 6.54 Å². The summed E-state index contributed by atoms with van der Waals surface area (Å²) in [6.45, 7) is 0.652. The third-order valence-electron chi connectivity index (χ3n) is 3.04. The molecule has 0 spiro atoms. The second-order valence-electron chi connectivity index (χ2n) is 4.22. The van der Waals surface area contributed by atoms with E-state index in [-0.39, 0.29) is 11.8 Å². The first-order chi connectivity index (χ1) is 8.33. The molecule has 1 amide bonds. The van der Waals surface area contributed by atoms with Gasteiger partial charge in [0.15, 0.2) is 0 Å². The average Bonchev–Trinajstić information content (AvgIpc) is 2.74. The van der Waals surface area contributed by atoms with E-state index < -0.39 is 0 Å². The second-order valence-corrected chi connectivity index (χ2v) is 5.26. The van der Waals surface area contributed by atoms with Crippen molar-refractivity contribution in [2.45, 2.75) is 25.7 Å². The Bertz CT molecular complexity index is 501. The van der Waals surface area contributed by atoms with Gasteiger partial charge >= 0.3 is 0 Å². The molecule has 1 saturated carbocycles. The molecular weight excluding hydrogens is 238 g/mol. The van der Waals surface area contributed by atoms with Crippen LogP contribution in [-0.4, -0.2) is 32.3 Å². The van der Waals surface area contributed by atoms with Gasteiger partial charge in [-0.2, -0.15) is 9.61 Å². The monoisotopic (exact) mass is 251 g/mol. The van der Waals surface area contributed by atoms with Crippen molar-refractivity contribution in [1.29, 1.82) is 0 Å². The van der Waals surface area contributed by atoms with Gasteiger partial charge in [-0.25, -0.2) is 0 Å². The number of aromatic nitrogens is 4. The lowest BCUT2D eigenvalue weighted by Gasteiger charge is -2.23. The van der Waals surface area contributed by atoms with E-state index in [1.165, 1.54) is 17.8 Å². The highest BCUT2D eigenvalue weighted by atomic mass is 32.1. The fourth-order valence-corrected chi connectivity index (χ4v) is 2.62. The van der Waals surface area contributed by atoms with Crippen molar-refractivity contribution in [3.8, 4) is 0 Å². The molecule has 90 valence electrons. The average molecular weight is 251 g/mol. The number of carbonyl (C=O) groups excluding carboxylic acids is 1. The molecule has 2 heterocycles. The summed E-state index contributed by atoms with van der Waals surface area (Å²) >= 11 is 1.51. The Morgan fingerprint density at radius 3 is 3.18 bits per heavy atom. The maximum atomic E-state index is 11.6. The highest BCUT2D eigenvalue weighted by molar-refractivity contribution is 7.16. The van der Waals surface area contributed by atoms with Crippen LogP contribution < -0.4 is 5.32 Å². The maximum absolute atomic E-state index is 11.6. The maximum Gasteiger partial charge on any atom is 0.234 e. The van der Waals surface area contributed by atoms with Gasteiger partial charge in [0.1, 0.15) is 11.3 Å². The standard InChI is InChI=1S/C10H13N5OS/c16-9(7-2-1-3-7)11-5-4-8-14-15-6-12-13-10(15)17-8/h6-7H,1-5H2,(H,11,16). The minimum atomic E-state index is 0.194. The lowest BCUT2D eigenvalue weighted by atomic mass is 9.85. The van der Waals surface area contributed by atoms with Crippen molar-refractivity contribution >= 4 is 22.2 Å². The molecule has 0 unspecified atom stereocenters. The Morgan fingerprint density at radius 2 is 2.47 bits per heavy atom.